The van der Waals surface area contributed by atoms with Crippen molar-refractivity contribution >= 4 is 17.7 Å². The average molecular weight is 313 g/mol. The molecule has 0 saturated carbocycles. The van der Waals surface area contributed by atoms with Gasteiger partial charge >= 0.3 is 0 Å². The average Bonchev–Trinajstić information content (AvgIpc) is 3.04. The van der Waals surface area contributed by atoms with Crippen LogP contribution < -0.4 is 10.6 Å². The van der Waals surface area contributed by atoms with Gasteiger partial charge in [-0.05, 0) is 63.4 Å². The molecule has 2 aliphatic rings. The molecule has 2 fully saturated rings. The predicted octanol–water partition coefficient (Wildman–Crippen LogP) is 2.17. The van der Waals surface area contributed by atoms with Gasteiger partial charge in [0.1, 0.15) is 0 Å². The van der Waals surface area contributed by atoms with Crippen LogP contribution in [0, 0.1) is 5.92 Å². The molecule has 21 heavy (non-hydrogen) atoms. The lowest BCUT2D eigenvalue weighted by atomic mass is 9.93. The SMILES string of the molecule is CCN1CCC(CCNC(=NC)NCC2CCCS2)CC1. The summed E-state index contributed by atoms with van der Waals surface area (Å²) in [6.07, 6.45) is 6.72. The van der Waals surface area contributed by atoms with E-state index in [1.807, 2.05) is 7.05 Å². The number of nitrogens with zero attached hydrogens (tertiary/aromatic N) is 2. The molecule has 0 aromatic rings. The van der Waals surface area contributed by atoms with Crippen molar-refractivity contribution in [3.8, 4) is 0 Å². The Hall–Kier alpha value is -0.420. The number of thioether (sulfide) groups is 1. The van der Waals surface area contributed by atoms with Crippen LogP contribution in [0.1, 0.15) is 39.0 Å². The number of piperidine rings is 1. The summed E-state index contributed by atoms with van der Waals surface area (Å²) in [7, 11) is 1.87. The second-order valence-corrected chi connectivity index (χ2v) is 7.59. The van der Waals surface area contributed by atoms with Crippen LogP contribution in [0.25, 0.3) is 0 Å². The van der Waals surface area contributed by atoms with Crippen molar-refractivity contribution in [2.45, 2.75) is 44.3 Å². The smallest absolute Gasteiger partial charge is 0.191 e. The zero-order valence-corrected chi connectivity index (χ0v) is 14.6. The number of guanidine groups is 1. The molecule has 2 saturated heterocycles. The molecular formula is C16H32N4S. The Morgan fingerprint density at radius 3 is 2.67 bits per heavy atom. The van der Waals surface area contributed by atoms with Crippen LogP contribution in [0.2, 0.25) is 0 Å². The van der Waals surface area contributed by atoms with E-state index in [1.54, 1.807) is 0 Å². The van der Waals surface area contributed by atoms with Gasteiger partial charge in [0.25, 0.3) is 0 Å². The Balaban J connectivity index is 1.56. The van der Waals surface area contributed by atoms with Gasteiger partial charge in [-0.2, -0.15) is 11.8 Å². The molecule has 4 nitrogen and oxygen atoms in total. The lowest BCUT2D eigenvalue weighted by Gasteiger charge is -2.31. The third-order valence-electron chi connectivity index (χ3n) is 4.74. The van der Waals surface area contributed by atoms with Crippen LogP contribution >= 0.6 is 11.8 Å². The highest BCUT2D eigenvalue weighted by Crippen LogP contribution is 2.25. The number of nitrogens with one attached hydrogen (secondary N) is 2. The van der Waals surface area contributed by atoms with Gasteiger partial charge in [0.15, 0.2) is 5.96 Å². The van der Waals surface area contributed by atoms with E-state index in [0.717, 1.165) is 30.2 Å². The molecule has 1 atom stereocenters. The lowest BCUT2D eigenvalue weighted by Crippen LogP contribution is -2.41. The van der Waals surface area contributed by atoms with Crippen molar-refractivity contribution in [3.05, 3.63) is 0 Å². The summed E-state index contributed by atoms with van der Waals surface area (Å²) in [6.45, 7) is 8.15. The second kappa shape index (κ2) is 9.57. The second-order valence-electron chi connectivity index (χ2n) is 6.18. The summed E-state index contributed by atoms with van der Waals surface area (Å²) >= 11 is 2.09. The molecule has 122 valence electrons. The largest absolute Gasteiger partial charge is 0.356 e. The van der Waals surface area contributed by atoms with E-state index in [4.69, 9.17) is 0 Å². The standard InChI is InChI=1S/C16H32N4S/c1-3-20-10-7-14(8-11-20)6-9-18-16(17-2)19-13-15-5-4-12-21-15/h14-15H,3-13H2,1-2H3,(H2,17,18,19). The van der Waals surface area contributed by atoms with E-state index in [9.17, 15) is 0 Å². The van der Waals surface area contributed by atoms with Gasteiger partial charge in [0.2, 0.25) is 0 Å². The fraction of sp³-hybridized carbons (Fsp3) is 0.938. The monoisotopic (exact) mass is 312 g/mol. The Morgan fingerprint density at radius 2 is 2.05 bits per heavy atom. The molecule has 0 spiro atoms. The highest BCUT2D eigenvalue weighted by atomic mass is 32.2. The molecule has 0 aromatic heterocycles. The summed E-state index contributed by atoms with van der Waals surface area (Å²) in [6, 6.07) is 0. The first kappa shape index (κ1) is 16.9. The Kier molecular flexibility index (Phi) is 7.72. The number of hydrogen-bond donors (Lipinski definition) is 2. The van der Waals surface area contributed by atoms with Crippen molar-refractivity contribution in [1.29, 1.82) is 0 Å². The Morgan fingerprint density at radius 1 is 1.24 bits per heavy atom. The van der Waals surface area contributed by atoms with Crippen LogP contribution in [0.3, 0.4) is 0 Å². The predicted molar refractivity (Wildman–Crippen MR) is 94.3 cm³/mol. The van der Waals surface area contributed by atoms with E-state index in [1.165, 1.54) is 57.5 Å². The van der Waals surface area contributed by atoms with Gasteiger partial charge in [-0.15, -0.1) is 0 Å². The summed E-state index contributed by atoms with van der Waals surface area (Å²) < 4.78 is 0. The fourth-order valence-corrected chi connectivity index (χ4v) is 4.42. The third-order valence-corrected chi connectivity index (χ3v) is 6.14. The van der Waals surface area contributed by atoms with Crippen LogP contribution in [0.15, 0.2) is 4.99 Å². The number of hydrogen-bond acceptors (Lipinski definition) is 3. The summed E-state index contributed by atoms with van der Waals surface area (Å²) in [5.41, 5.74) is 0. The topological polar surface area (TPSA) is 39.7 Å². The molecule has 2 rings (SSSR count). The van der Waals surface area contributed by atoms with Gasteiger partial charge in [0, 0.05) is 25.4 Å². The maximum atomic E-state index is 4.33. The molecule has 0 bridgehead atoms. The Labute approximate surface area is 134 Å². The molecule has 0 aliphatic carbocycles. The third kappa shape index (κ3) is 6.07. The first-order chi connectivity index (χ1) is 10.3. The van der Waals surface area contributed by atoms with Crippen LogP contribution in [-0.4, -0.2) is 61.6 Å². The fourth-order valence-electron chi connectivity index (χ4n) is 3.22. The van der Waals surface area contributed by atoms with Crippen molar-refractivity contribution in [3.63, 3.8) is 0 Å². The van der Waals surface area contributed by atoms with Gasteiger partial charge in [-0.1, -0.05) is 6.92 Å². The first-order valence-corrected chi connectivity index (χ1v) is 9.65. The molecule has 2 heterocycles. The van der Waals surface area contributed by atoms with Crippen LogP contribution in [0.5, 0.6) is 0 Å². The van der Waals surface area contributed by atoms with Crippen molar-refractivity contribution in [2.75, 3.05) is 45.5 Å². The summed E-state index contributed by atoms with van der Waals surface area (Å²) in [5.74, 6) is 3.20. The summed E-state index contributed by atoms with van der Waals surface area (Å²) in [5, 5.41) is 7.74. The van der Waals surface area contributed by atoms with Gasteiger partial charge in [-0.25, -0.2) is 0 Å². The molecule has 0 amide bonds. The first-order valence-electron chi connectivity index (χ1n) is 8.60. The quantitative estimate of drug-likeness (QED) is 0.582. The maximum Gasteiger partial charge on any atom is 0.191 e. The van der Waals surface area contributed by atoms with Gasteiger partial charge < -0.3 is 15.5 Å². The van der Waals surface area contributed by atoms with E-state index in [-0.39, 0.29) is 0 Å². The van der Waals surface area contributed by atoms with E-state index in [0.29, 0.717) is 0 Å². The minimum Gasteiger partial charge on any atom is -0.356 e. The normalized spacial score (nSPS) is 25.2. The van der Waals surface area contributed by atoms with E-state index >= 15 is 0 Å². The van der Waals surface area contributed by atoms with E-state index < -0.39 is 0 Å². The number of likely N-dealkylation sites (tertiary alicyclic amines) is 1. The molecule has 2 aliphatic heterocycles. The van der Waals surface area contributed by atoms with Gasteiger partial charge in [0.05, 0.1) is 0 Å². The summed E-state index contributed by atoms with van der Waals surface area (Å²) in [4.78, 5) is 6.89. The maximum absolute atomic E-state index is 4.33. The highest BCUT2D eigenvalue weighted by Gasteiger charge is 2.18. The highest BCUT2D eigenvalue weighted by molar-refractivity contribution is 8.00. The number of rotatable bonds is 6. The molecule has 0 radical (unpaired) electrons. The number of aliphatic imine (C=N–C) groups is 1. The minimum absolute atomic E-state index is 0.780. The zero-order chi connectivity index (χ0) is 14.9. The molecule has 5 heteroatoms. The van der Waals surface area contributed by atoms with Gasteiger partial charge in [-0.3, -0.25) is 4.99 Å². The van der Waals surface area contributed by atoms with E-state index in [2.05, 4.69) is 39.2 Å². The molecule has 1 unspecified atom stereocenters. The molecular weight excluding hydrogens is 280 g/mol. The minimum atomic E-state index is 0.780. The zero-order valence-electron chi connectivity index (χ0n) is 13.7. The van der Waals surface area contributed by atoms with Crippen LogP contribution in [0.4, 0.5) is 0 Å². The van der Waals surface area contributed by atoms with Crippen molar-refractivity contribution < 1.29 is 0 Å². The Bertz CT molecular complexity index is 307. The molecule has 2 N–H and O–H groups in total. The molecule has 0 aromatic carbocycles. The van der Waals surface area contributed by atoms with Crippen molar-refractivity contribution in [1.82, 2.24) is 15.5 Å². The van der Waals surface area contributed by atoms with Crippen LogP contribution in [-0.2, 0) is 0 Å². The van der Waals surface area contributed by atoms with Crippen molar-refractivity contribution in [2.24, 2.45) is 10.9 Å². The lowest BCUT2D eigenvalue weighted by molar-refractivity contribution is 0.187.